The molecule has 0 saturated carbocycles. The number of ether oxygens (including phenoxy) is 2. The zero-order valence-electron chi connectivity index (χ0n) is 23.5. The highest BCUT2D eigenvalue weighted by Gasteiger charge is 2.31. The summed E-state index contributed by atoms with van der Waals surface area (Å²) in [5.74, 6) is 3.79. The lowest BCUT2D eigenvalue weighted by Crippen LogP contribution is -2.32. The molecule has 0 bridgehead atoms. The monoisotopic (exact) mass is 470 g/mol. The van der Waals surface area contributed by atoms with E-state index < -0.39 is 0 Å². The molecule has 3 heteroatoms. The van der Waals surface area contributed by atoms with Gasteiger partial charge in [-0.15, -0.1) is 0 Å². The first kappa shape index (κ1) is 28.5. The van der Waals surface area contributed by atoms with Crippen molar-refractivity contribution in [3.63, 3.8) is 0 Å². The lowest BCUT2D eigenvalue weighted by molar-refractivity contribution is -0.132. The molecule has 1 aromatic rings. The fraction of sp³-hybridized carbons (Fsp3) is 0.710. The minimum Gasteiger partial charge on any atom is -0.483 e. The second-order valence-electron chi connectivity index (χ2n) is 11.6. The summed E-state index contributed by atoms with van der Waals surface area (Å²) < 4.78 is 12.1. The number of fused-ring (bicyclic) bond motifs is 1. The molecule has 192 valence electrons. The minimum atomic E-state index is -0.287. The summed E-state index contributed by atoms with van der Waals surface area (Å²) in [5.41, 5.74) is 3.76. The Labute approximate surface area is 209 Å². The van der Waals surface area contributed by atoms with Gasteiger partial charge in [0.2, 0.25) is 0 Å². The molecule has 1 aliphatic rings. The number of hydrogen-bond acceptors (Lipinski definition) is 3. The van der Waals surface area contributed by atoms with E-state index in [1.165, 1.54) is 58.3 Å². The van der Waals surface area contributed by atoms with Crippen LogP contribution < -0.4 is 9.47 Å². The van der Waals surface area contributed by atoms with Crippen LogP contribution in [-0.4, -0.2) is 11.6 Å². The predicted octanol–water partition coefficient (Wildman–Crippen LogP) is 9.14. The van der Waals surface area contributed by atoms with E-state index in [2.05, 4.69) is 53.7 Å². The highest BCUT2D eigenvalue weighted by Crippen LogP contribution is 2.43. The van der Waals surface area contributed by atoms with Gasteiger partial charge in [-0.2, -0.15) is 0 Å². The van der Waals surface area contributed by atoms with Crippen molar-refractivity contribution >= 4 is 12.0 Å². The summed E-state index contributed by atoms with van der Waals surface area (Å²) in [4.78, 5) is 11.6. The van der Waals surface area contributed by atoms with Gasteiger partial charge in [0, 0.05) is 18.1 Å². The van der Waals surface area contributed by atoms with Gasteiger partial charge in [0.25, 0.3) is 0 Å². The number of esters is 1. The van der Waals surface area contributed by atoms with Crippen molar-refractivity contribution in [1.82, 2.24) is 0 Å². The zero-order valence-corrected chi connectivity index (χ0v) is 23.5. The number of benzene rings is 1. The standard InChI is InChI=1S/C31H50O3/c1-21(2)13-10-14-22(3)15-11-16-23(4)17-12-19-31(9)20-18-28-26(7)29(33-27(8)32)24(5)25(6)30(28)34-31/h18,20-23H,10-17,19H2,1-9H3/t22?,23?,31-/m1/s1. The van der Waals surface area contributed by atoms with E-state index in [0.29, 0.717) is 5.75 Å². The van der Waals surface area contributed by atoms with Crippen LogP contribution in [0.3, 0.4) is 0 Å². The Bertz CT molecular complexity index is 851. The van der Waals surface area contributed by atoms with Crippen LogP contribution in [0.15, 0.2) is 6.08 Å². The number of hydrogen-bond donors (Lipinski definition) is 0. The fourth-order valence-corrected chi connectivity index (χ4v) is 5.19. The van der Waals surface area contributed by atoms with Crippen LogP contribution in [0.2, 0.25) is 0 Å². The van der Waals surface area contributed by atoms with Crippen LogP contribution in [-0.2, 0) is 4.79 Å². The number of carbonyl (C=O) groups is 1. The molecule has 0 saturated heterocycles. The summed E-state index contributed by atoms with van der Waals surface area (Å²) in [6, 6.07) is 0. The molecular formula is C31H50O3. The van der Waals surface area contributed by atoms with Gasteiger partial charge in [0.1, 0.15) is 17.1 Å². The van der Waals surface area contributed by atoms with Crippen LogP contribution in [0.4, 0.5) is 0 Å². The zero-order chi connectivity index (χ0) is 25.5. The van der Waals surface area contributed by atoms with E-state index >= 15 is 0 Å². The predicted molar refractivity (Wildman–Crippen MR) is 145 cm³/mol. The lowest BCUT2D eigenvalue weighted by Gasteiger charge is -2.34. The Morgan fingerprint density at radius 3 is 2.00 bits per heavy atom. The smallest absolute Gasteiger partial charge is 0.308 e. The number of rotatable bonds is 13. The van der Waals surface area contributed by atoms with Crippen molar-refractivity contribution in [3.8, 4) is 11.5 Å². The quantitative estimate of drug-likeness (QED) is 0.213. The van der Waals surface area contributed by atoms with E-state index in [-0.39, 0.29) is 11.6 Å². The average molecular weight is 471 g/mol. The highest BCUT2D eigenvalue weighted by molar-refractivity contribution is 5.76. The Balaban J connectivity index is 1.84. The third-order valence-electron chi connectivity index (χ3n) is 7.66. The molecule has 3 nitrogen and oxygen atoms in total. The summed E-state index contributed by atoms with van der Waals surface area (Å²) in [6.07, 6.45) is 16.0. The highest BCUT2D eigenvalue weighted by atomic mass is 16.5. The van der Waals surface area contributed by atoms with Gasteiger partial charge in [-0.3, -0.25) is 4.79 Å². The molecular weight excluding hydrogens is 420 g/mol. The Kier molecular flexibility index (Phi) is 10.7. The molecule has 34 heavy (non-hydrogen) atoms. The largest absolute Gasteiger partial charge is 0.483 e. The summed E-state index contributed by atoms with van der Waals surface area (Å²) >= 11 is 0. The van der Waals surface area contributed by atoms with Crippen LogP contribution in [0, 0.1) is 38.5 Å². The molecule has 0 aliphatic carbocycles. The average Bonchev–Trinajstić information content (AvgIpc) is 2.74. The van der Waals surface area contributed by atoms with Crippen LogP contribution in [0.25, 0.3) is 6.08 Å². The molecule has 1 aliphatic heterocycles. The molecule has 0 amide bonds. The topological polar surface area (TPSA) is 35.5 Å². The molecule has 2 rings (SSSR count). The fourth-order valence-electron chi connectivity index (χ4n) is 5.19. The molecule has 0 spiro atoms. The van der Waals surface area contributed by atoms with Crippen molar-refractivity contribution in [2.24, 2.45) is 17.8 Å². The van der Waals surface area contributed by atoms with Crippen LogP contribution in [0.1, 0.15) is 122 Å². The van der Waals surface area contributed by atoms with E-state index in [0.717, 1.165) is 52.2 Å². The summed E-state index contributed by atoms with van der Waals surface area (Å²) in [7, 11) is 0. The second-order valence-corrected chi connectivity index (χ2v) is 11.6. The van der Waals surface area contributed by atoms with Crippen molar-refractivity contribution < 1.29 is 14.3 Å². The third kappa shape index (κ3) is 8.17. The first-order valence-electron chi connectivity index (χ1n) is 13.6. The van der Waals surface area contributed by atoms with Crippen molar-refractivity contribution in [2.75, 3.05) is 0 Å². The molecule has 0 aromatic heterocycles. The maximum atomic E-state index is 11.6. The van der Waals surface area contributed by atoms with E-state index in [1.54, 1.807) is 0 Å². The van der Waals surface area contributed by atoms with Gasteiger partial charge in [-0.05, 0) is 75.5 Å². The Morgan fingerprint density at radius 2 is 1.44 bits per heavy atom. The Hall–Kier alpha value is -1.77. The van der Waals surface area contributed by atoms with E-state index in [4.69, 9.17) is 9.47 Å². The SMILES string of the molecule is CC(=O)Oc1c(C)c(C)c2c(c1C)C=C[C@@](C)(CCCC(C)CCCC(C)CCCC(C)C)O2. The first-order chi connectivity index (χ1) is 15.9. The van der Waals surface area contributed by atoms with E-state index in [9.17, 15) is 4.79 Å². The Morgan fingerprint density at radius 1 is 0.882 bits per heavy atom. The third-order valence-corrected chi connectivity index (χ3v) is 7.66. The van der Waals surface area contributed by atoms with Crippen molar-refractivity contribution in [2.45, 2.75) is 126 Å². The van der Waals surface area contributed by atoms with Gasteiger partial charge < -0.3 is 9.47 Å². The maximum Gasteiger partial charge on any atom is 0.308 e. The molecule has 1 aromatic carbocycles. The van der Waals surface area contributed by atoms with Crippen LogP contribution in [0.5, 0.6) is 11.5 Å². The van der Waals surface area contributed by atoms with Gasteiger partial charge >= 0.3 is 5.97 Å². The van der Waals surface area contributed by atoms with Gasteiger partial charge in [-0.25, -0.2) is 0 Å². The minimum absolute atomic E-state index is 0.286. The first-order valence-corrected chi connectivity index (χ1v) is 13.6. The molecule has 2 unspecified atom stereocenters. The normalized spacial score (nSPS) is 19.0. The lowest BCUT2D eigenvalue weighted by atomic mass is 9.88. The molecule has 3 atom stereocenters. The molecule has 0 fully saturated rings. The maximum absolute atomic E-state index is 11.6. The van der Waals surface area contributed by atoms with Crippen molar-refractivity contribution in [3.05, 3.63) is 28.3 Å². The van der Waals surface area contributed by atoms with Gasteiger partial charge in [0.05, 0.1) is 0 Å². The van der Waals surface area contributed by atoms with E-state index in [1.807, 2.05) is 13.8 Å². The second kappa shape index (κ2) is 12.8. The molecule has 0 radical (unpaired) electrons. The summed E-state index contributed by atoms with van der Waals surface area (Å²) in [6.45, 7) is 19.2. The number of carbonyl (C=O) groups excluding carboxylic acids is 1. The van der Waals surface area contributed by atoms with Gasteiger partial charge in [-0.1, -0.05) is 78.7 Å². The molecule has 1 heterocycles. The van der Waals surface area contributed by atoms with Crippen molar-refractivity contribution in [1.29, 1.82) is 0 Å². The summed E-state index contributed by atoms with van der Waals surface area (Å²) in [5, 5.41) is 0. The van der Waals surface area contributed by atoms with Gasteiger partial charge in [0.15, 0.2) is 0 Å². The van der Waals surface area contributed by atoms with Crippen LogP contribution >= 0.6 is 0 Å². The molecule has 0 N–H and O–H groups in total.